The molecule has 0 fully saturated rings. The minimum Gasteiger partial charge on any atom is -0.462 e. The van der Waals surface area contributed by atoms with Crippen molar-refractivity contribution in [1.82, 2.24) is 0 Å². The monoisotopic (exact) mass is 901 g/mol. The highest BCUT2D eigenvalue weighted by Gasteiger charge is 2.19. The number of carbonyl (C=O) groups excluding carboxylic acids is 3. The molecule has 0 aliphatic rings. The van der Waals surface area contributed by atoms with E-state index < -0.39 is 6.10 Å². The number of esters is 3. The molecule has 6 nitrogen and oxygen atoms in total. The van der Waals surface area contributed by atoms with E-state index in [9.17, 15) is 14.4 Å². The molecule has 0 saturated heterocycles. The Balaban J connectivity index is 4.30. The summed E-state index contributed by atoms with van der Waals surface area (Å²) in [5.41, 5.74) is 0. The van der Waals surface area contributed by atoms with Crippen LogP contribution in [0.3, 0.4) is 0 Å². The summed E-state index contributed by atoms with van der Waals surface area (Å²) < 4.78 is 16.8. The molecule has 0 aromatic heterocycles. The van der Waals surface area contributed by atoms with Crippen molar-refractivity contribution in [3.63, 3.8) is 0 Å². The lowest BCUT2D eigenvalue weighted by atomic mass is 10.0. The van der Waals surface area contributed by atoms with Crippen LogP contribution in [0.25, 0.3) is 0 Å². The average Bonchev–Trinajstić information content (AvgIpc) is 3.29. The summed E-state index contributed by atoms with van der Waals surface area (Å²) in [7, 11) is 0. The Bertz CT molecular complexity index is 1040. The standard InChI is InChI=1S/C58H108O6/c1-4-7-10-13-16-19-22-25-27-28-29-30-31-34-36-39-42-45-48-51-57(60)63-54-55(53-62-56(59)50-47-44-41-38-35-32-24-21-18-15-12-9-6-3)64-58(61)52-49-46-43-40-37-33-26-23-20-17-14-11-8-5-2/h14,17,23,26,55H,4-13,15-16,18-22,24-25,27-54H2,1-3H3/b17-14+,26-23+/t55-/m1/s1. The van der Waals surface area contributed by atoms with Crippen LogP contribution in [0.15, 0.2) is 24.3 Å². The van der Waals surface area contributed by atoms with Gasteiger partial charge in [0.2, 0.25) is 0 Å². The molecule has 0 rings (SSSR count). The van der Waals surface area contributed by atoms with Crippen LogP contribution in [0, 0.1) is 0 Å². The van der Waals surface area contributed by atoms with Gasteiger partial charge in [0.05, 0.1) is 0 Å². The van der Waals surface area contributed by atoms with Gasteiger partial charge in [0.1, 0.15) is 13.2 Å². The number of unbranched alkanes of at least 4 members (excludes halogenated alkanes) is 37. The Labute approximate surface area is 398 Å². The third-order valence-corrected chi connectivity index (χ3v) is 12.7. The van der Waals surface area contributed by atoms with Gasteiger partial charge < -0.3 is 14.2 Å². The van der Waals surface area contributed by atoms with Gasteiger partial charge in [-0.3, -0.25) is 14.4 Å². The lowest BCUT2D eigenvalue weighted by Gasteiger charge is -2.18. The van der Waals surface area contributed by atoms with Gasteiger partial charge in [-0.15, -0.1) is 0 Å². The molecular formula is C58H108O6. The smallest absolute Gasteiger partial charge is 0.306 e. The Morgan fingerprint density at radius 1 is 0.312 bits per heavy atom. The first-order valence-electron chi connectivity index (χ1n) is 28.3. The summed E-state index contributed by atoms with van der Waals surface area (Å²) in [6, 6.07) is 0. The minimum absolute atomic E-state index is 0.0717. The van der Waals surface area contributed by atoms with Crippen molar-refractivity contribution in [3.05, 3.63) is 24.3 Å². The van der Waals surface area contributed by atoms with Crippen LogP contribution in [0.4, 0.5) is 0 Å². The maximum Gasteiger partial charge on any atom is 0.306 e. The van der Waals surface area contributed by atoms with Gasteiger partial charge in [-0.1, -0.05) is 270 Å². The molecule has 0 radical (unpaired) electrons. The van der Waals surface area contributed by atoms with Crippen molar-refractivity contribution in [2.24, 2.45) is 0 Å². The summed E-state index contributed by atoms with van der Waals surface area (Å²) in [4.78, 5) is 38.1. The molecule has 376 valence electrons. The van der Waals surface area contributed by atoms with Gasteiger partial charge in [-0.25, -0.2) is 0 Å². The average molecular weight is 901 g/mol. The third kappa shape index (κ3) is 50.9. The zero-order valence-corrected chi connectivity index (χ0v) is 43.1. The van der Waals surface area contributed by atoms with Crippen molar-refractivity contribution in [3.8, 4) is 0 Å². The zero-order chi connectivity index (χ0) is 46.5. The predicted octanol–water partition coefficient (Wildman–Crippen LogP) is 18.7. The highest BCUT2D eigenvalue weighted by atomic mass is 16.6. The van der Waals surface area contributed by atoms with Crippen molar-refractivity contribution in [2.45, 2.75) is 316 Å². The number of allylic oxidation sites excluding steroid dienone is 4. The summed E-state index contributed by atoms with van der Waals surface area (Å²) in [5, 5.41) is 0. The van der Waals surface area contributed by atoms with E-state index in [0.29, 0.717) is 19.3 Å². The third-order valence-electron chi connectivity index (χ3n) is 12.7. The zero-order valence-electron chi connectivity index (χ0n) is 43.1. The lowest BCUT2D eigenvalue weighted by Crippen LogP contribution is -2.30. The van der Waals surface area contributed by atoms with Crippen molar-refractivity contribution < 1.29 is 28.6 Å². The van der Waals surface area contributed by atoms with Crippen molar-refractivity contribution in [1.29, 1.82) is 0 Å². The molecule has 0 N–H and O–H groups in total. The van der Waals surface area contributed by atoms with Crippen LogP contribution in [0.2, 0.25) is 0 Å². The molecule has 64 heavy (non-hydrogen) atoms. The van der Waals surface area contributed by atoms with Gasteiger partial charge in [0, 0.05) is 19.3 Å². The van der Waals surface area contributed by atoms with E-state index in [0.717, 1.165) is 83.5 Å². The largest absolute Gasteiger partial charge is 0.462 e. The van der Waals surface area contributed by atoms with Crippen LogP contribution >= 0.6 is 0 Å². The van der Waals surface area contributed by atoms with E-state index in [-0.39, 0.29) is 31.1 Å². The molecule has 1 atom stereocenters. The first-order chi connectivity index (χ1) is 31.5. The van der Waals surface area contributed by atoms with Crippen LogP contribution < -0.4 is 0 Å². The molecular weight excluding hydrogens is 793 g/mol. The van der Waals surface area contributed by atoms with E-state index in [2.05, 4.69) is 45.1 Å². The molecule has 0 unspecified atom stereocenters. The molecule has 0 amide bonds. The minimum atomic E-state index is -0.773. The van der Waals surface area contributed by atoms with E-state index >= 15 is 0 Å². The van der Waals surface area contributed by atoms with E-state index in [1.165, 1.54) is 186 Å². The first-order valence-corrected chi connectivity index (χ1v) is 28.3. The Morgan fingerprint density at radius 2 is 0.578 bits per heavy atom. The van der Waals surface area contributed by atoms with Crippen molar-refractivity contribution >= 4 is 17.9 Å². The highest BCUT2D eigenvalue weighted by molar-refractivity contribution is 5.71. The van der Waals surface area contributed by atoms with E-state index in [1.54, 1.807) is 0 Å². The van der Waals surface area contributed by atoms with E-state index in [1.807, 2.05) is 0 Å². The summed E-state index contributed by atoms with van der Waals surface area (Å²) >= 11 is 0. The normalized spacial score (nSPS) is 12.1. The fourth-order valence-corrected chi connectivity index (χ4v) is 8.40. The molecule has 0 aliphatic heterocycles. The summed E-state index contributed by atoms with van der Waals surface area (Å²) in [6.07, 6.45) is 61.6. The lowest BCUT2D eigenvalue weighted by molar-refractivity contribution is -0.167. The van der Waals surface area contributed by atoms with Gasteiger partial charge in [-0.2, -0.15) is 0 Å². The maximum atomic E-state index is 12.8. The molecule has 6 heteroatoms. The Morgan fingerprint density at radius 3 is 0.906 bits per heavy atom. The molecule has 0 aromatic carbocycles. The fraction of sp³-hybridized carbons (Fsp3) is 0.879. The molecule has 0 bridgehead atoms. The quantitative estimate of drug-likeness (QED) is 0.0262. The highest BCUT2D eigenvalue weighted by Crippen LogP contribution is 2.17. The van der Waals surface area contributed by atoms with Crippen LogP contribution in [0.5, 0.6) is 0 Å². The molecule has 0 spiro atoms. The number of rotatable bonds is 52. The second-order valence-electron chi connectivity index (χ2n) is 19.2. The number of ether oxygens (including phenoxy) is 3. The number of carbonyl (C=O) groups is 3. The molecule has 0 aromatic rings. The second kappa shape index (κ2) is 53.5. The molecule has 0 heterocycles. The number of hydrogen-bond donors (Lipinski definition) is 0. The second-order valence-corrected chi connectivity index (χ2v) is 19.2. The summed E-state index contributed by atoms with van der Waals surface area (Å²) in [5.74, 6) is -0.866. The predicted molar refractivity (Wildman–Crippen MR) is 275 cm³/mol. The Kier molecular flexibility index (Phi) is 51.7. The van der Waals surface area contributed by atoms with Gasteiger partial charge in [0.15, 0.2) is 6.10 Å². The number of hydrogen-bond acceptors (Lipinski definition) is 6. The molecule has 0 saturated carbocycles. The Hall–Kier alpha value is -2.11. The van der Waals surface area contributed by atoms with Crippen molar-refractivity contribution in [2.75, 3.05) is 13.2 Å². The topological polar surface area (TPSA) is 78.9 Å². The van der Waals surface area contributed by atoms with Crippen LogP contribution in [-0.2, 0) is 28.6 Å². The van der Waals surface area contributed by atoms with Crippen LogP contribution in [0.1, 0.15) is 310 Å². The fourth-order valence-electron chi connectivity index (χ4n) is 8.40. The van der Waals surface area contributed by atoms with Gasteiger partial charge >= 0.3 is 17.9 Å². The van der Waals surface area contributed by atoms with Crippen LogP contribution in [-0.4, -0.2) is 37.2 Å². The van der Waals surface area contributed by atoms with E-state index in [4.69, 9.17) is 14.2 Å². The maximum absolute atomic E-state index is 12.8. The van der Waals surface area contributed by atoms with Gasteiger partial charge in [0.25, 0.3) is 0 Å². The first kappa shape index (κ1) is 61.9. The molecule has 0 aliphatic carbocycles. The SMILES string of the molecule is CCCC/C=C/C/C=C/CCCCCCCC(=O)O[C@H](COC(=O)CCCCCCCCCCCCCCC)COC(=O)CCCCCCCCCCCCCCCCCCCCC. The summed E-state index contributed by atoms with van der Waals surface area (Å²) in [6.45, 7) is 6.63. The van der Waals surface area contributed by atoms with Gasteiger partial charge in [-0.05, 0) is 44.9 Å².